The Labute approximate surface area is 174 Å². The normalized spacial score (nSPS) is 11.8. The maximum atomic E-state index is 13.0. The molecule has 152 valence electrons. The Kier molecular flexibility index (Phi) is 5.70. The predicted molar refractivity (Wildman–Crippen MR) is 114 cm³/mol. The predicted octanol–water partition coefficient (Wildman–Crippen LogP) is 3.44. The monoisotopic (exact) mass is 402 g/mol. The van der Waals surface area contributed by atoms with E-state index in [9.17, 15) is 14.9 Å². The molecule has 1 amide bonds. The van der Waals surface area contributed by atoms with Gasteiger partial charge in [-0.05, 0) is 41.3 Å². The molecule has 0 bridgehead atoms. The Hall–Kier alpha value is -3.92. The van der Waals surface area contributed by atoms with Crippen molar-refractivity contribution in [3.05, 3.63) is 75.7 Å². The van der Waals surface area contributed by atoms with Crippen molar-refractivity contribution in [1.82, 2.24) is 14.7 Å². The minimum absolute atomic E-state index is 0.0122. The molecular weight excluding hydrogens is 380 g/mol. The minimum atomic E-state index is -0.601. The average molecular weight is 402 g/mol. The van der Waals surface area contributed by atoms with Gasteiger partial charge in [-0.25, -0.2) is 0 Å². The highest BCUT2D eigenvalue weighted by molar-refractivity contribution is 6.01. The molecule has 0 saturated heterocycles. The Morgan fingerprint density at radius 2 is 1.90 bits per heavy atom. The molecule has 0 aliphatic rings. The number of nitrogens with zero attached hydrogens (tertiary/aromatic N) is 3. The lowest BCUT2D eigenvalue weighted by molar-refractivity contribution is -0.116. The van der Waals surface area contributed by atoms with Gasteiger partial charge in [0.1, 0.15) is 28.6 Å². The number of nitriles is 1. The van der Waals surface area contributed by atoms with Gasteiger partial charge in [0, 0.05) is 13.2 Å². The Bertz CT molecular complexity index is 1230. The quantitative estimate of drug-likeness (QED) is 0.533. The van der Waals surface area contributed by atoms with Crippen LogP contribution in [-0.2, 0) is 10.2 Å². The maximum Gasteiger partial charge on any atom is 0.269 e. The second-order valence-corrected chi connectivity index (χ2v) is 7.69. The van der Waals surface area contributed by atoms with Crippen LogP contribution in [0.4, 0.5) is 0 Å². The SMILES string of the molecule is CNC(=O)C(C#N)=Cc1c(Oc2ccc(C(C)(C)C)cc2)nc2ccccn2c1=O. The van der Waals surface area contributed by atoms with Crippen LogP contribution < -0.4 is 15.6 Å². The molecule has 2 aromatic heterocycles. The van der Waals surface area contributed by atoms with Crippen molar-refractivity contribution in [2.45, 2.75) is 26.2 Å². The van der Waals surface area contributed by atoms with Crippen LogP contribution in [0.3, 0.4) is 0 Å². The number of benzene rings is 1. The zero-order valence-corrected chi connectivity index (χ0v) is 17.3. The number of nitrogens with one attached hydrogen (secondary N) is 1. The van der Waals surface area contributed by atoms with Crippen LogP contribution in [0.5, 0.6) is 11.6 Å². The molecule has 30 heavy (non-hydrogen) atoms. The fraction of sp³-hybridized carbons (Fsp3) is 0.217. The third kappa shape index (κ3) is 4.23. The van der Waals surface area contributed by atoms with Crippen LogP contribution in [-0.4, -0.2) is 22.3 Å². The van der Waals surface area contributed by atoms with Gasteiger partial charge in [-0.2, -0.15) is 10.2 Å². The second kappa shape index (κ2) is 8.21. The highest BCUT2D eigenvalue weighted by Gasteiger charge is 2.17. The molecular formula is C23H22N4O3. The van der Waals surface area contributed by atoms with E-state index in [2.05, 4.69) is 31.1 Å². The van der Waals surface area contributed by atoms with Crippen LogP contribution in [0.2, 0.25) is 0 Å². The summed E-state index contributed by atoms with van der Waals surface area (Å²) in [6, 6.07) is 14.4. The number of carbonyl (C=O) groups is 1. The number of fused-ring (bicyclic) bond motifs is 1. The van der Waals surface area contributed by atoms with E-state index in [-0.39, 0.29) is 22.4 Å². The Balaban J connectivity index is 2.15. The fourth-order valence-corrected chi connectivity index (χ4v) is 2.85. The number of rotatable bonds is 4. The van der Waals surface area contributed by atoms with E-state index in [1.165, 1.54) is 17.5 Å². The van der Waals surface area contributed by atoms with Crippen LogP contribution in [0.15, 0.2) is 59.0 Å². The van der Waals surface area contributed by atoms with Gasteiger partial charge < -0.3 is 10.1 Å². The van der Waals surface area contributed by atoms with Gasteiger partial charge in [0.25, 0.3) is 11.5 Å². The van der Waals surface area contributed by atoms with E-state index in [1.807, 2.05) is 18.2 Å². The van der Waals surface area contributed by atoms with Crippen molar-refractivity contribution in [1.29, 1.82) is 5.26 Å². The highest BCUT2D eigenvalue weighted by Crippen LogP contribution is 2.28. The number of carbonyl (C=O) groups excluding carboxylic acids is 1. The van der Waals surface area contributed by atoms with E-state index >= 15 is 0 Å². The van der Waals surface area contributed by atoms with Crippen molar-refractivity contribution in [3.8, 4) is 17.7 Å². The van der Waals surface area contributed by atoms with E-state index in [4.69, 9.17) is 4.74 Å². The number of pyridine rings is 1. The lowest BCUT2D eigenvalue weighted by atomic mass is 9.87. The van der Waals surface area contributed by atoms with E-state index in [0.717, 1.165) is 5.56 Å². The first-order valence-electron chi connectivity index (χ1n) is 9.38. The first-order chi connectivity index (χ1) is 14.2. The zero-order chi connectivity index (χ0) is 21.9. The van der Waals surface area contributed by atoms with Crippen molar-refractivity contribution in [2.24, 2.45) is 0 Å². The third-order valence-electron chi connectivity index (χ3n) is 4.55. The molecule has 0 spiro atoms. The molecule has 0 aliphatic heterocycles. The average Bonchev–Trinajstić information content (AvgIpc) is 2.73. The van der Waals surface area contributed by atoms with E-state index in [0.29, 0.717) is 11.4 Å². The summed E-state index contributed by atoms with van der Waals surface area (Å²) in [5.74, 6) is -0.0924. The van der Waals surface area contributed by atoms with Gasteiger partial charge >= 0.3 is 0 Å². The summed E-state index contributed by atoms with van der Waals surface area (Å²) in [6.07, 6.45) is 2.77. The minimum Gasteiger partial charge on any atom is -0.438 e. The maximum absolute atomic E-state index is 13.0. The summed E-state index contributed by atoms with van der Waals surface area (Å²) in [5.41, 5.74) is 0.853. The standard InChI is InChI=1S/C23H22N4O3/c1-23(2,3)16-8-10-17(11-9-16)30-21-18(13-15(14-24)20(28)25-4)22(29)27-12-6-5-7-19(27)26-21/h5-13H,1-4H3,(H,25,28). The van der Waals surface area contributed by atoms with Crippen LogP contribution >= 0.6 is 0 Å². The van der Waals surface area contributed by atoms with Gasteiger partial charge in [0.05, 0.1) is 0 Å². The molecule has 7 nitrogen and oxygen atoms in total. The molecule has 0 fully saturated rings. The Morgan fingerprint density at radius 3 is 2.50 bits per heavy atom. The number of ether oxygens (including phenoxy) is 1. The largest absolute Gasteiger partial charge is 0.438 e. The molecule has 0 saturated carbocycles. The summed E-state index contributed by atoms with van der Waals surface area (Å²) >= 11 is 0. The summed E-state index contributed by atoms with van der Waals surface area (Å²) in [6.45, 7) is 6.33. The molecule has 3 rings (SSSR count). The molecule has 7 heteroatoms. The topological polar surface area (TPSA) is 96.5 Å². The van der Waals surface area contributed by atoms with Crippen molar-refractivity contribution in [3.63, 3.8) is 0 Å². The number of aromatic nitrogens is 2. The molecule has 0 atom stereocenters. The first-order valence-corrected chi connectivity index (χ1v) is 9.38. The van der Waals surface area contributed by atoms with Gasteiger partial charge in [-0.1, -0.05) is 39.0 Å². The van der Waals surface area contributed by atoms with Crippen molar-refractivity contribution in [2.75, 3.05) is 7.05 Å². The van der Waals surface area contributed by atoms with E-state index < -0.39 is 11.5 Å². The van der Waals surface area contributed by atoms with Gasteiger partial charge in [0.15, 0.2) is 0 Å². The molecule has 1 aromatic carbocycles. The summed E-state index contributed by atoms with van der Waals surface area (Å²) in [4.78, 5) is 29.4. The molecule has 3 aromatic rings. The van der Waals surface area contributed by atoms with Crippen molar-refractivity contribution >= 4 is 17.6 Å². The number of amides is 1. The van der Waals surface area contributed by atoms with Crippen LogP contribution in [0.25, 0.3) is 11.7 Å². The summed E-state index contributed by atoms with van der Waals surface area (Å²) in [5, 5.41) is 11.7. The lowest BCUT2D eigenvalue weighted by Crippen LogP contribution is -2.22. The Morgan fingerprint density at radius 1 is 1.20 bits per heavy atom. The van der Waals surface area contributed by atoms with Gasteiger partial charge in [-0.3, -0.25) is 14.0 Å². The first kappa shape index (κ1) is 20.8. The van der Waals surface area contributed by atoms with Crippen LogP contribution in [0, 0.1) is 11.3 Å². The smallest absolute Gasteiger partial charge is 0.269 e. The molecule has 0 unspecified atom stereocenters. The van der Waals surface area contributed by atoms with E-state index in [1.54, 1.807) is 36.5 Å². The van der Waals surface area contributed by atoms with Gasteiger partial charge in [0.2, 0.25) is 5.88 Å². The fourth-order valence-electron chi connectivity index (χ4n) is 2.85. The van der Waals surface area contributed by atoms with Gasteiger partial charge in [-0.15, -0.1) is 0 Å². The molecule has 0 radical (unpaired) electrons. The number of hydrogen-bond donors (Lipinski definition) is 1. The van der Waals surface area contributed by atoms with Crippen LogP contribution in [0.1, 0.15) is 31.9 Å². The third-order valence-corrected chi connectivity index (χ3v) is 4.55. The number of likely N-dealkylation sites (N-methyl/N-ethyl adjacent to an activating group) is 1. The highest BCUT2D eigenvalue weighted by atomic mass is 16.5. The molecule has 1 N–H and O–H groups in total. The summed E-state index contributed by atoms with van der Waals surface area (Å²) in [7, 11) is 1.41. The number of hydrogen-bond acceptors (Lipinski definition) is 5. The molecule has 0 aliphatic carbocycles. The molecule has 2 heterocycles. The van der Waals surface area contributed by atoms with Crippen molar-refractivity contribution < 1.29 is 9.53 Å². The lowest BCUT2D eigenvalue weighted by Gasteiger charge is -2.19. The summed E-state index contributed by atoms with van der Waals surface area (Å²) < 4.78 is 7.25. The second-order valence-electron chi connectivity index (χ2n) is 7.69. The zero-order valence-electron chi connectivity index (χ0n) is 17.3.